The number of aromatic nitrogens is 3. The number of halogens is 2. The molecule has 2 aromatic heterocycles. The second kappa shape index (κ2) is 10.7. The van der Waals surface area contributed by atoms with E-state index in [9.17, 15) is 21.2 Å². The lowest BCUT2D eigenvalue weighted by Gasteiger charge is -2.14. The number of nitrogens with one attached hydrogen (secondary N) is 1. The van der Waals surface area contributed by atoms with E-state index in [4.69, 9.17) is 10.5 Å². The van der Waals surface area contributed by atoms with Crippen molar-refractivity contribution in [3.05, 3.63) is 89.9 Å². The largest absolute Gasteiger partial charge is 0.453 e. The lowest BCUT2D eigenvalue weighted by Crippen LogP contribution is -2.12. The molecule has 9 nitrogen and oxygen atoms in total. The Morgan fingerprint density at radius 3 is 2.41 bits per heavy atom. The summed E-state index contributed by atoms with van der Waals surface area (Å²) >= 11 is 0. The average Bonchev–Trinajstić information content (AvgIpc) is 3.56. The first-order valence-electron chi connectivity index (χ1n) is 12.5. The van der Waals surface area contributed by atoms with Gasteiger partial charge in [0.15, 0.2) is 21.4 Å². The monoisotopic (exact) mass is 600 g/mol. The van der Waals surface area contributed by atoms with E-state index >= 15 is 4.39 Å². The molecule has 5 aromatic rings. The summed E-state index contributed by atoms with van der Waals surface area (Å²) in [6.07, 6.45) is 4.90. The average molecular weight is 601 g/mol. The summed E-state index contributed by atoms with van der Waals surface area (Å²) in [6.45, 7) is 2.28. The number of H-pyrrole nitrogens is 1. The molecule has 0 atom stereocenters. The highest BCUT2D eigenvalue weighted by Gasteiger charge is 2.28. The van der Waals surface area contributed by atoms with Crippen LogP contribution in [0.4, 0.5) is 8.78 Å². The van der Waals surface area contributed by atoms with Gasteiger partial charge < -0.3 is 15.5 Å². The minimum atomic E-state index is -4.18. The van der Waals surface area contributed by atoms with Crippen LogP contribution in [0.3, 0.4) is 0 Å². The highest BCUT2D eigenvalue weighted by Crippen LogP contribution is 2.40. The molecule has 0 aliphatic rings. The molecule has 41 heavy (non-hydrogen) atoms. The number of nitrogens with two attached hydrogens (primary N) is 1. The molecule has 0 amide bonds. The maximum atomic E-state index is 15.6. The number of ether oxygens (including phenoxy) is 1. The molecule has 0 unspecified atom stereocenters. The number of hydrogen-bond donors (Lipinski definition) is 2. The van der Waals surface area contributed by atoms with E-state index in [2.05, 4.69) is 9.97 Å². The third-order valence-electron chi connectivity index (χ3n) is 6.46. The van der Waals surface area contributed by atoms with Crippen molar-refractivity contribution >= 4 is 30.8 Å². The van der Waals surface area contributed by atoms with Crippen LogP contribution in [0.2, 0.25) is 0 Å². The number of fused-ring (bicyclic) bond motifs is 1. The lowest BCUT2D eigenvalue weighted by atomic mass is 10.2. The summed E-state index contributed by atoms with van der Waals surface area (Å²) in [5.41, 5.74) is 6.97. The van der Waals surface area contributed by atoms with Crippen molar-refractivity contribution in [2.45, 2.75) is 29.6 Å². The van der Waals surface area contributed by atoms with Gasteiger partial charge in [0.25, 0.3) is 10.0 Å². The summed E-state index contributed by atoms with van der Waals surface area (Å²) in [5.74, 6) is -2.25. The van der Waals surface area contributed by atoms with Crippen molar-refractivity contribution in [1.29, 1.82) is 0 Å². The second-order valence-electron chi connectivity index (χ2n) is 9.54. The van der Waals surface area contributed by atoms with E-state index in [0.717, 1.165) is 39.8 Å². The number of sulfone groups is 1. The van der Waals surface area contributed by atoms with Crippen molar-refractivity contribution in [3.63, 3.8) is 0 Å². The van der Waals surface area contributed by atoms with Crippen LogP contribution in [-0.2, 0) is 26.3 Å². The molecular weight excluding hydrogens is 574 g/mol. The van der Waals surface area contributed by atoms with Gasteiger partial charge in [0.05, 0.1) is 16.0 Å². The molecule has 2 heterocycles. The van der Waals surface area contributed by atoms with Crippen molar-refractivity contribution in [2.24, 2.45) is 5.73 Å². The molecule has 13 heteroatoms. The minimum absolute atomic E-state index is 0.0271. The smallest absolute Gasteiger partial charge is 0.268 e. The van der Waals surface area contributed by atoms with Crippen LogP contribution >= 0.6 is 0 Å². The van der Waals surface area contributed by atoms with Gasteiger partial charge in [0.2, 0.25) is 0 Å². The number of imidazole rings is 1. The Bertz CT molecular complexity index is 1980. The van der Waals surface area contributed by atoms with Gasteiger partial charge in [-0.3, -0.25) is 0 Å². The first-order valence-corrected chi connectivity index (χ1v) is 15.8. The summed E-state index contributed by atoms with van der Waals surface area (Å²) in [7, 11) is -8.34. The number of aryl methyl sites for hydroxylation is 2. The van der Waals surface area contributed by atoms with Gasteiger partial charge in [-0.15, -0.1) is 0 Å². The zero-order chi connectivity index (χ0) is 29.5. The summed E-state index contributed by atoms with van der Waals surface area (Å²) in [4.78, 5) is 6.61. The van der Waals surface area contributed by atoms with Gasteiger partial charge in [-0.25, -0.2) is 34.6 Å². The van der Waals surface area contributed by atoms with Crippen molar-refractivity contribution in [3.8, 4) is 22.9 Å². The quantitative estimate of drug-likeness (QED) is 0.244. The zero-order valence-corrected chi connectivity index (χ0v) is 23.7. The van der Waals surface area contributed by atoms with E-state index in [0.29, 0.717) is 19.4 Å². The van der Waals surface area contributed by atoms with E-state index in [1.807, 2.05) is 0 Å². The lowest BCUT2D eigenvalue weighted by molar-refractivity contribution is 0.429. The van der Waals surface area contributed by atoms with E-state index in [1.165, 1.54) is 30.3 Å². The maximum Gasteiger partial charge on any atom is 0.268 e. The molecule has 3 N–H and O–H groups in total. The van der Waals surface area contributed by atoms with E-state index in [-0.39, 0.29) is 32.9 Å². The van der Waals surface area contributed by atoms with Crippen LogP contribution in [0.15, 0.2) is 76.8 Å². The molecule has 0 saturated heterocycles. The number of hydrogen-bond acceptors (Lipinski definition) is 7. The van der Waals surface area contributed by atoms with E-state index < -0.39 is 42.1 Å². The molecule has 0 spiro atoms. The fourth-order valence-electron chi connectivity index (χ4n) is 4.46. The van der Waals surface area contributed by atoms with Crippen LogP contribution in [0.25, 0.3) is 22.3 Å². The van der Waals surface area contributed by atoms with Gasteiger partial charge in [0.1, 0.15) is 22.3 Å². The molecule has 214 valence electrons. The maximum absolute atomic E-state index is 15.6. The molecule has 0 aliphatic carbocycles. The number of benzene rings is 3. The van der Waals surface area contributed by atoms with E-state index in [1.54, 1.807) is 25.3 Å². The molecule has 0 fully saturated rings. The van der Waals surface area contributed by atoms with Gasteiger partial charge in [0, 0.05) is 35.8 Å². The number of aromatic amines is 1. The normalized spacial score (nSPS) is 12.2. The zero-order valence-electron chi connectivity index (χ0n) is 22.1. The second-order valence-corrected chi connectivity index (χ2v) is 13.3. The molecule has 0 aliphatic heterocycles. The first kappa shape index (κ1) is 28.5. The van der Waals surface area contributed by atoms with Crippen molar-refractivity contribution in [2.75, 3.05) is 12.8 Å². The number of rotatable bonds is 9. The molecule has 0 bridgehead atoms. The Labute approximate surface area is 235 Å². The SMILES string of the molecule is Cc1ccc(S(=O)(=O)n2ccc3c(S(C)(=O)=O)c(Oc4ccc(F)c(-c5ncc(CCCN)[nH]5)c4)c(F)cc32)cc1. The highest BCUT2D eigenvalue weighted by atomic mass is 32.2. The molecule has 5 rings (SSSR count). The third-order valence-corrected chi connectivity index (χ3v) is 9.31. The van der Waals surface area contributed by atoms with Gasteiger partial charge >= 0.3 is 0 Å². The molecule has 3 aromatic carbocycles. The Balaban J connectivity index is 1.60. The predicted molar refractivity (Wildman–Crippen MR) is 150 cm³/mol. The van der Waals surface area contributed by atoms with Crippen LogP contribution in [-0.4, -0.2) is 43.6 Å². The first-order chi connectivity index (χ1) is 19.4. The van der Waals surface area contributed by atoms with Crippen LogP contribution < -0.4 is 10.5 Å². The fraction of sp³-hybridized carbons (Fsp3) is 0.179. The van der Waals surface area contributed by atoms with Crippen LogP contribution in [0.5, 0.6) is 11.5 Å². The highest BCUT2D eigenvalue weighted by molar-refractivity contribution is 7.91. The topological polar surface area (TPSA) is 137 Å². The Kier molecular flexibility index (Phi) is 7.45. The summed E-state index contributed by atoms with van der Waals surface area (Å²) < 4.78 is 89.4. The van der Waals surface area contributed by atoms with Gasteiger partial charge in [-0.1, -0.05) is 17.7 Å². The summed E-state index contributed by atoms with van der Waals surface area (Å²) in [5, 5.41) is -0.0579. The Morgan fingerprint density at radius 1 is 1.00 bits per heavy atom. The molecule has 0 saturated carbocycles. The van der Waals surface area contributed by atoms with Gasteiger partial charge in [-0.2, -0.15) is 0 Å². The standard InChI is InChI=1S/C28H26F2N4O5S2/c1-17-5-8-20(9-6-17)41(37,38)34-13-11-21-25(34)15-24(30)26(27(21)40(2,35)36)39-19-7-10-23(29)22(14-19)28-32-16-18(33-28)4-3-12-31/h5-11,13-16H,3-4,12,31H2,1-2H3,(H,32,33). The van der Waals surface area contributed by atoms with Crippen LogP contribution in [0.1, 0.15) is 17.7 Å². The van der Waals surface area contributed by atoms with Gasteiger partial charge in [-0.05, 0) is 62.7 Å². The van der Waals surface area contributed by atoms with Crippen molar-refractivity contribution in [1.82, 2.24) is 13.9 Å². The van der Waals surface area contributed by atoms with Crippen molar-refractivity contribution < 1.29 is 30.4 Å². The summed E-state index contributed by atoms with van der Waals surface area (Å²) in [6, 6.07) is 11.8. The van der Waals surface area contributed by atoms with Crippen LogP contribution in [0, 0.1) is 18.6 Å². The predicted octanol–water partition coefficient (Wildman–Crippen LogP) is 4.94. The Hall–Kier alpha value is -4.07. The third kappa shape index (κ3) is 5.47. The minimum Gasteiger partial charge on any atom is -0.453 e. The Morgan fingerprint density at radius 2 is 1.73 bits per heavy atom. The fourth-order valence-corrected chi connectivity index (χ4v) is 6.84. The number of nitrogens with zero attached hydrogens (tertiary/aromatic N) is 2. The molecular formula is C28H26F2N4O5S2. The molecule has 0 radical (unpaired) electrons.